The predicted octanol–water partition coefficient (Wildman–Crippen LogP) is 3.72. The van der Waals surface area contributed by atoms with Crippen LogP contribution in [0.1, 0.15) is 34.8 Å². The van der Waals surface area contributed by atoms with E-state index in [2.05, 4.69) is 35.9 Å². The summed E-state index contributed by atoms with van der Waals surface area (Å²) in [5.41, 5.74) is 0.646. The monoisotopic (exact) mass is 526 g/mol. The van der Waals surface area contributed by atoms with Crippen molar-refractivity contribution in [1.82, 2.24) is 29.8 Å². The molecular formula is C25H25F3N8O2. The Kier molecular flexibility index (Phi) is 7.86. The number of aromatic nitrogens is 5. The summed E-state index contributed by atoms with van der Waals surface area (Å²) in [5.74, 6) is 0.195. The molecule has 0 aromatic carbocycles. The number of hydrogen-bond donors (Lipinski definition) is 4. The molecule has 1 unspecified atom stereocenters. The third-order valence-corrected chi connectivity index (χ3v) is 5.69. The van der Waals surface area contributed by atoms with Gasteiger partial charge in [0.05, 0.1) is 30.3 Å². The van der Waals surface area contributed by atoms with E-state index in [0.29, 0.717) is 22.8 Å². The van der Waals surface area contributed by atoms with Crippen molar-refractivity contribution in [2.24, 2.45) is 0 Å². The quantitative estimate of drug-likeness (QED) is 0.243. The zero-order valence-corrected chi connectivity index (χ0v) is 20.4. The summed E-state index contributed by atoms with van der Waals surface area (Å²) in [7, 11) is 1.63. The van der Waals surface area contributed by atoms with Crippen molar-refractivity contribution in [2.45, 2.75) is 31.9 Å². The van der Waals surface area contributed by atoms with Crippen LogP contribution in [0.15, 0.2) is 67.3 Å². The third kappa shape index (κ3) is 6.06. The molecule has 0 saturated carbocycles. The van der Waals surface area contributed by atoms with Gasteiger partial charge < -0.3 is 25.6 Å². The molecule has 4 N–H and O–H groups in total. The minimum absolute atomic E-state index is 0.207. The molecule has 4 aromatic heterocycles. The van der Waals surface area contributed by atoms with Crippen LogP contribution >= 0.6 is 0 Å². The molecule has 0 aliphatic rings. The van der Waals surface area contributed by atoms with Crippen LogP contribution in [-0.4, -0.2) is 48.8 Å². The van der Waals surface area contributed by atoms with Gasteiger partial charge in [-0.25, -0.2) is 9.97 Å². The number of pyridine rings is 3. The maximum atomic E-state index is 13.0. The third-order valence-electron chi connectivity index (χ3n) is 5.69. The van der Waals surface area contributed by atoms with Crippen LogP contribution in [-0.2, 0) is 12.7 Å². The summed E-state index contributed by atoms with van der Waals surface area (Å²) in [6.07, 6.45) is -1.58. The van der Waals surface area contributed by atoms with Gasteiger partial charge in [-0.2, -0.15) is 13.2 Å². The average molecular weight is 527 g/mol. The van der Waals surface area contributed by atoms with Crippen molar-refractivity contribution in [2.75, 3.05) is 17.7 Å². The van der Waals surface area contributed by atoms with E-state index in [1.165, 1.54) is 17.0 Å². The number of amides is 1. The van der Waals surface area contributed by atoms with Gasteiger partial charge in [0.1, 0.15) is 17.7 Å². The lowest BCUT2D eigenvalue weighted by molar-refractivity contribution is -0.141. The van der Waals surface area contributed by atoms with Crippen LogP contribution < -0.4 is 16.0 Å². The molecule has 198 valence electrons. The van der Waals surface area contributed by atoms with E-state index < -0.39 is 30.0 Å². The van der Waals surface area contributed by atoms with E-state index in [9.17, 15) is 23.1 Å². The fourth-order valence-electron chi connectivity index (χ4n) is 3.65. The summed E-state index contributed by atoms with van der Waals surface area (Å²) < 4.78 is 40.0. The summed E-state index contributed by atoms with van der Waals surface area (Å²) in [6.45, 7) is 1.90. The Balaban J connectivity index is 1.49. The number of halogens is 3. The Morgan fingerprint density at radius 1 is 1.08 bits per heavy atom. The summed E-state index contributed by atoms with van der Waals surface area (Å²) in [4.78, 5) is 29.3. The molecule has 0 fully saturated rings. The fourth-order valence-corrected chi connectivity index (χ4v) is 3.65. The zero-order chi connectivity index (χ0) is 27.3. The van der Waals surface area contributed by atoms with Crippen molar-refractivity contribution in [3.05, 3.63) is 84.3 Å². The Hall–Kier alpha value is -4.52. The van der Waals surface area contributed by atoms with Crippen molar-refractivity contribution in [1.29, 1.82) is 0 Å². The lowest BCUT2D eigenvalue weighted by Crippen LogP contribution is -2.33. The van der Waals surface area contributed by atoms with Gasteiger partial charge in [-0.3, -0.25) is 14.8 Å². The van der Waals surface area contributed by atoms with Gasteiger partial charge in [0.25, 0.3) is 5.91 Å². The van der Waals surface area contributed by atoms with E-state index in [-0.39, 0.29) is 18.1 Å². The molecule has 13 heteroatoms. The first-order valence-electron chi connectivity index (χ1n) is 11.6. The maximum absolute atomic E-state index is 13.0. The fraction of sp³-hybridized carbons (Fsp3) is 0.240. The lowest BCUT2D eigenvalue weighted by Gasteiger charge is -2.23. The summed E-state index contributed by atoms with van der Waals surface area (Å²) in [5, 5.41) is 19.5. The zero-order valence-electron chi connectivity index (χ0n) is 20.4. The van der Waals surface area contributed by atoms with Gasteiger partial charge in [0.15, 0.2) is 11.5 Å². The van der Waals surface area contributed by atoms with Gasteiger partial charge in [0.2, 0.25) is 0 Å². The lowest BCUT2D eigenvalue weighted by atomic mass is 10.1. The second-order valence-corrected chi connectivity index (χ2v) is 8.27. The number of carbonyl (C=O) groups excluding carboxylic acids is 1. The Morgan fingerprint density at radius 2 is 1.89 bits per heavy atom. The summed E-state index contributed by atoms with van der Waals surface area (Å²) in [6, 6.07) is 11.7. The first-order chi connectivity index (χ1) is 18.2. The average Bonchev–Trinajstić information content (AvgIpc) is 3.36. The van der Waals surface area contributed by atoms with Crippen molar-refractivity contribution >= 4 is 17.5 Å². The SMILES string of the molecule is CNc1ncn([C@@H](C)C(O)Nc2cccc(-c3ccc(C(F)(F)F)nc3)n2)c1C(=O)NCc1ccccn1. The number of imidazole rings is 1. The number of hydrogen-bond acceptors (Lipinski definition) is 8. The molecule has 4 heterocycles. The summed E-state index contributed by atoms with van der Waals surface area (Å²) >= 11 is 0. The molecule has 1 amide bonds. The van der Waals surface area contributed by atoms with E-state index in [4.69, 9.17) is 0 Å². The van der Waals surface area contributed by atoms with Gasteiger partial charge >= 0.3 is 6.18 Å². The highest BCUT2D eigenvalue weighted by Crippen LogP contribution is 2.29. The number of nitrogens with one attached hydrogen (secondary N) is 3. The van der Waals surface area contributed by atoms with Gasteiger partial charge in [-0.05, 0) is 43.3 Å². The second-order valence-electron chi connectivity index (χ2n) is 8.27. The topological polar surface area (TPSA) is 130 Å². The number of nitrogens with zero attached hydrogens (tertiary/aromatic N) is 5. The van der Waals surface area contributed by atoms with E-state index in [1.807, 2.05) is 6.07 Å². The molecule has 10 nitrogen and oxygen atoms in total. The minimum atomic E-state index is -4.54. The molecule has 4 rings (SSSR count). The van der Waals surface area contributed by atoms with Crippen LogP contribution in [0.2, 0.25) is 0 Å². The molecule has 0 bridgehead atoms. The van der Waals surface area contributed by atoms with Gasteiger partial charge in [-0.1, -0.05) is 12.1 Å². The van der Waals surface area contributed by atoms with Crippen LogP contribution in [0.4, 0.5) is 24.8 Å². The second kappa shape index (κ2) is 11.3. The van der Waals surface area contributed by atoms with Crippen LogP contribution in [0.5, 0.6) is 0 Å². The first-order valence-corrected chi connectivity index (χ1v) is 11.6. The van der Waals surface area contributed by atoms with Crippen LogP contribution in [0.3, 0.4) is 0 Å². The van der Waals surface area contributed by atoms with E-state index in [1.54, 1.807) is 50.5 Å². The predicted molar refractivity (Wildman–Crippen MR) is 134 cm³/mol. The van der Waals surface area contributed by atoms with E-state index in [0.717, 1.165) is 12.3 Å². The number of alkyl halides is 3. The largest absolute Gasteiger partial charge is 0.433 e. The van der Waals surface area contributed by atoms with Crippen molar-refractivity contribution in [3.8, 4) is 11.3 Å². The van der Waals surface area contributed by atoms with Crippen molar-refractivity contribution < 1.29 is 23.1 Å². The number of rotatable bonds is 9. The number of anilines is 2. The molecule has 2 atom stereocenters. The minimum Gasteiger partial charge on any atom is -0.372 e. The molecule has 0 aliphatic heterocycles. The Labute approximate surface area is 216 Å². The smallest absolute Gasteiger partial charge is 0.372 e. The number of aliphatic hydroxyl groups excluding tert-OH is 1. The number of aliphatic hydroxyl groups is 1. The highest BCUT2D eigenvalue weighted by molar-refractivity contribution is 5.97. The highest BCUT2D eigenvalue weighted by atomic mass is 19.4. The standard InChI is InChI=1S/C25H25F3N8O2/c1-15(36-14-33-22(29-2)21(36)24(38)32-13-17-6-3-4-11-30-17)23(37)35-20-8-5-7-18(34-20)16-9-10-19(31-12-16)25(26,27)28/h3-12,14-15,23,29,37H,13H2,1-2H3,(H,32,38)(H,34,35)/t15-,23?/m0/s1. The van der Waals surface area contributed by atoms with Crippen molar-refractivity contribution in [3.63, 3.8) is 0 Å². The molecule has 0 aliphatic carbocycles. The van der Waals surface area contributed by atoms with Gasteiger partial charge in [0, 0.05) is 25.0 Å². The molecule has 38 heavy (non-hydrogen) atoms. The normalized spacial score (nSPS) is 13.0. The van der Waals surface area contributed by atoms with Gasteiger partial charge in [-0.15, -0.1) is 0 Å². The molecule has 4 aromatic rings. The van der Waals surface area contributed by atoms with Crippen LogP contribution in [0.25, 0.3) is 11.3 Å². The first kappa shape index (κ1) is 26.5. The van der Waals surface area contributed by atoms with Crippen LogP contribution in [0, 0.1) is 0 Å². The Bertz CT molecular complexity index is 1380. The number of carbonyl (C=O) groups is 1. The molecular weight excluding hydrogens is 501 g/mol. The molecule has 0 spiro atoms. The van der Waals surface area contributed by atoms with E-state index >= 15 is 0 Å². The maximum Gasteiger partial charge on any atom is 0.433 e. The molecule has 0 radical (unpaired) electrons. The highest BCUT2D eigenvalue weighted by Gasteiger charge is 2.32. The molecule has 0 saturated heterocycles. The Morgan fingerprint density at radius 3 is 2.55 bits per heavy atom.